The fourth-order valence-electron chi connectivity index (χ4n) is 1.97. The largest absolute Gasteiger partial charge is 0.324 e. The van der Waals surface area contributed by atoms with Crippen LogP contribution in [0.5, 0.6) is 0 Å². The van der Waals surface area contributed by atoms with E-state index in [9.17, 15) is 14.5 Å². The lowest BCUT2D eigenvalue weighted by molar-refractivity contribution is -0.380. The van der Waals surface area contributed by atoms with Crippen molar-refractivity contribution >= 4 is 16.3 Å². The Kier molecular flexibility index (Phi) is 4.03. The molecule has 5 nitrogen and oxygen atoms in total. The first-order valence-electron chi connectivity index (χ1n) is 5.47. The van der Waals surface area contributed by atoms with Gasteiger partial charge in [0.2, 0.25) is 0 Å². The molecule has 0 bridgehead atoms. The quantitative estimate of drug-likeness (QED) is 0.658. The number of nitrogens with one attached hydrogen (secondary N) is 1. The highest BCUT2D eigenvalue weighted by molar-refractivity contribution is 7.15. The fraction of sp³-hybridized carbons (Fsp3) is 0.600. The van der Waals surface area contributed by atoms with E-state index in [0.717, 1.165) is 42.4 Å². The number of hydrogen-bond acceptors (Lipinski definition) is 5. The van der Waals surface area contributed by atoms with E-state index < -0.39 is 11.6 Å². The van der Waals surface area contributed by atoms with E-state index in [1.165, 1.54) is 6.07 Å². The van der Waals surface area contributed by atoms with Crippen LogP contribution in [0, 0.1) is 10.1 Å². The Labute approximate surface area is 102 Å². The SMILES string of the molecule is O=[N+]([O-])c1ccc([C@@H](CF)N2CCNCC2)s1. The number of nitro groups is 1. The molecule has 1 saturated heterocycles. The summed E-state index contributed by atoms with van der Waals surface area (Å²) in [6, 6.07) is 2.77. The molecule has 0 spiro atoms. The summed E-state index contributed by atoms with van der Waals surface area (Å²) in [6.45, 7) is 2.73. The second kappa shape index (κ2) is 5.52. The summed E-state index contributed by atoms with van der Waals surface area (Å²) < 4.78 is 13.1. The molecule has 1 aliphatic heterocycles. The van der Waals surface area contributed by atoms with Gasteiger partial charge in [-0.25, -0.2) is 4.39 Å². The molecule has 0 aliphatic carbocycles. The Morgan fingerprint density at radius 2 is 2.24 bits per heavy atom. The number of halogens is 1. The van der Waals surface area contributed by atoms with E-state index in [2.05, 4.69) is 5.32 Å². The number of thiophene rings is 1. The molecule has 17 heavy (non-hydrogen) atoms. The molecule has 0 aromatic carbocycles. The van der Waals surface area contributed by atoms with Crippen molar-refractivity contribution in [2.75, 3.05) is 32.9 Å². The van der Waals surface area contributed by atoms with Gasteiger partial charge in [-0.15, -0.1) is 0 Å². The van der Waals surface area contributed by atoms with Gasteiger partial charge in [0.05, 0.1) is 11.0 Å². The lowest BCUT2D eigenvalue weighted by Gasteiger charge is -2.32. The van der Waals surface area contributed by atoms with Gasteiger partial charge >= 0.3 is 5.00 Å². The van der Waals surface area contributed by atoms with Gasteiger partial charge in [0.15, 0.2) is 0 Å². The molecule has 1 fully saturated rings. The summed E-state index contributed by atoms with van der Waals surface area (Å²) in [4.78, 5) is 12.9. The van der Waals surface area contributed by atoms with Crippen molar-refractivity contribution in [1.29, 1.82) is 0 Å². The summed E-state index contributed by atoms with van der Waals surface area (Å²) in [5.41, 5.74) is 0. The van der Waals surface area contributed by atoms with E-state index in [4.69, 9.17) is 0 Å². The fourth-order valence-corrected chi connectivity index (χ4v) is 2.90. The Bertz CT molecular complexity index is 393. The van der Waals surface area contributed by atoms with Crippen LogP contribution < -0.4 is 5.32 Å². The van der Waals surface area contributed by atoms with Crippen molar-refractivity contribution in [1.82, 2.24) is 10.2 Å². The minimum atomic E-state index is -0.502. The van der Waals surface area contributed by atoms with Crippen molar-refractivity contribution in [3.63, 3.8) is 0 Å². The predicted octanol–water partition coefficient (Wildman–Crippen LogP) is 1.57. The first-order chi connectivity index (χ1) is 8.22. The third-order valence-electron chi connectivity index (χ3n) is 2.86. The first kappa shape index (κ1) is 12.4. The zero-order valence-electron chi connectivity index (χ0n) is 9.26. The van der Waals surface area contributed by atoms with E-state index in [0.29, 0.717) is 0 Å². The summed E-state index contributed by atoms with van der Waals surface area (Å²) in [6.07, 6.45) is 0. The number of rotatable bonds is 4. The van der Waals surface area contributed by atoms with Crippen LogP contribution in [0.1, 0.15) is 10.9 Å². The Hall–Kier alpha value is -1.05. The Morgan fingerprint density at radius 1 is 1.53 bits per heavy atom. The highest BCUT2D eigenvalue weighted by Crippen LogP contribution is 2.32. The van der Waals surface area contributed by atoms with Gasteiger partial charge in [-0.2, -0.15) is 0 Å². The van der Waals surface area contributed by atoms with Crippen molar-refractivity contribution in [3.8, 4) is 0 Å². The normalized spacial score (nSPS) is 19.1. The van der Waals surface area contributed by atoms with Crippen molar-refractivity contribution in [2.24, 2.45) is 0 Å². The van der Waals surface area contributed by atoms with E-state index in [1.807, 2.05) is 4.90 Å². The van der Waals surface area contributed by atoms with E-state index in [-0.39, 0.29) is 11.0 Å². The van der Waals surface area contributed by atoms with Gasteiger partial charge in [-0.3, -0.25) is 15.0 Å². The minimum Gasteiger partial charge on any atom is -0.314 e. The van der Waals surface area contributed by atoms with Crippen LogP contribution in [0.2, 0.25) is 0 Å². The maximum atomic E-state index is 13.1. The van der Waals surface area contributed by atoms with Crippen molar-refractivity contribution in [3.05, 3.63) is 27.1 Å². The average Bonchev–Trinajstić information content (AvgIpc) is 2.81. The molecule has 1 atom stereocenters. The van der Waals surface area contributed by atoms with Crippen LogP contribution in [0.15, 0.2) is 12.1 Å². The van der Waals surface area contributed by atoms with Gasteiger partial charge in [-0.05, 0) is 6.07 Å². The zero-order valence-corrected chi connectivity index (χ0v) is 10.1. The molecular formula is C10H14FN3O2S. The van der Waals surface area contributed by atoms with Gasteiger partial charge < -0.3 is 5.32 Å². The lowest BCUT2D eigenvalue weighted by atomic mass is 10.2. The second-order valence-electron chi connectivity index (χ2n) is 3.89. The second-order valence-corrected chi connectivity index (χ2v) is 4.98. The summed E-state index contributed by atoms with van der Waals surface area (Å²) >= 11 is 1.07. The molecule has 1 N–H and O–H groups in total. The smallest absolute Gasteiger partial charge is 0.314 e. The Balaban J connectivity index is 2.12. The number of alkyl halides is 1. The highest BCUT2D eigenvalue weighted by atomic mass is 32.1. The summed E-state index contributed by atoms with van der Waals surface area (Å²) in [7, 11) is 0. The molecule has 2 rings (SSSR count). The molecule has 1 aromatic rings. The van der Waals surface area contributed by atoms with E-state index >= 15 is 0 Å². The van der Waals surface area contributed by atoms with Crippen LogP contribution >= 0.6 is 11.3 Å². The molecule has 7 heteroatoms. The van der Waals surface area contributed by atoms with Gasteiger partial charge in [0, 0.05) is 37.1 Å². The molecule has 94 valence electrons. The third kappa shape index (κ3) is 2.80. The Morgan fingerprint density at radius 3 is 2.76 bits per heavy atom. The van der Waals surface area contributed by atoms with Crippen LogP contribution in [-0.4, -0.2) is 42.7 Å². The standard InChI is InChI=1S/C10H14FN3O2S/c11-7-8(13-5-3-12-4-6-13)9-1-2-10(17-9)14(15)16/h1-2,8,12H,3-7H2/t8-/m1/s1. The van der Waals surface area contributed by atoms with E-state index in [1.54, 1.807) is 6.07 Å². The molecule has 0 radical (unpaired) electrons. The van der Waals surface area contributed by atoms with Crippen LogP contribution in [0.25, 0.3) is 0 Å². The minimum absolute atomic E-state index is 0.0774. The molecule has 2 heterocycles. The highest BCUT2D eigenvalue weighted by Gasteiger charge is 2.25. The van der Waals surface area contributed by atoms with Crippen LogP contribution in [-0.2, 0) is 0 Å². The molecule has 1 aliphatic rings. The van der Waals surface area contributed by atoms with Crippen molar-refractivity contribution < 1.29 is 9.31 Å². The van der Waals surface area contributed by atoms with Crippen molar-refractivity contribution in [2.45, 2.75) is 6.04 Å². The molecule has 0 amide bonds. The average molecular weight is 259 g/mol. The molecular weight excluding hydrogens is 245 g/mol. The lowest BCUT2D eigenvalue weighted by Crippen LogP contribution is -2.45. The monoisotopic (exact) mass is 259 g/mol. The van der Waals surface area contributed by atoms with Crippen LogP contribution in [0.4, 0.5) is 9.39 Å². The third-order valence-corrected chi connectivity index (χ3v) is 4.00. The molecule has 0 unspecified atom stereocenters. The number of hydrogen-bond donors (Lipinski definition) is 1. The number of nitrogens with zero attached hydrogens (tertiary/aromatic N) is 2. The van der Waals surface area contributed by atoms with Gasteiger partial charge in [0.25, 0.3) is 0 Å². The van der Waals surface area contributed by atoms with Gasteiger partial charge in [0.1, 0.15) is 6.67 Å². The maximum Gasteiger partial charge on any atom is 0.324 e. The predicted molar refractivity (Wildman–Crippen MR) is 64.1 cm³/mol. The van der Waals surface area contributed by atoms with Crippen LogP contribution in [0.3, 0.4) is 0 Å². The number of piperazine rings is 1. The zero-order chi connectivity index (χ0) is 12.3. The molecule has 1 aromatic heterocycles. The summed E-state index contributed by atoms with van der Waals surface area (Å²) in [5.74, 6) is 0. The summed E-state index contributed by atoms with van der Waals surface area (Å²) in [5, 5.41) is 13.9. The first-order valence-corrected chi connectivity index (χ1v) is 6.29. The maximum absolute atomic E-state index is 13.1. The topological polar surface area (TPSA) is 58.4 Å². The van der Waals surface area contributed by atoms with Gasteiger partial charge in [-0.1, -0.05) is 11.3 Å². The molecule has 0 saturated carbocycles.